The smallest absolute Gasteiger partial charge is 0.226 e. The lowest BCUT2D eigenvalue weighted by Gasteiger charge is -2.16. The molecule has 3 aromatic rings. The lowest BCUT2D eigenvalue weighted by atomic mass is 10.2. The third kappa shape index (κ3) is 3.89. The number of aryl methyl sites for hydroxylation is 1. The van der Waals surface area contributed by atoms with Crippen LogP contribution in [0, 0.1) is 6.92 Å². The van der Waals surface area contributed by atoms with Crippen LogP contribution in [0.25, 0.3) is 11.5 Å². The standard InChI is InChI=1S/C19H20N2O3/c1-14-17(20-18(24-14)15-8-4-2-5-9-15)12-13-23-19(21-22)16-10-6-3-7-11-16/h2-11,19,21-22H,12-13H2,1H3. The van der Waals surface area contributed by atoms with Gasteiger partial charge in [0.15, 0.2) is 6.23 Å². The first-order valence-corrected chi connectivity index (χ1v) is 7.86. The topological polar surface area (TPSA) is 67.5 Å². The Bertz CT molecular complexity index is 757. The number of rotatable bonds is 7. The van der Waals surface area contributed by atoms with Crippen molar-refractivity contribution in [1.82, 2.24) is 10.5 Å². The Morgan fingerprint density at radius 1 is 1.08 bits per heavy atom. The van der Waals surface area contributed by atoms with Gasteiger partial charge in [-0.15, -0.1) is 0 Å². The van der Waals surface area contributed by atoms with Crippen molar-refractivity contribution in [3.8, 4) is 11.5 Å². The molecule has 0 amide bonds. The van der Waals surface area contributed by atoms with Gasteiger partial charge in [-0.25, -0.2) is 4.98 Å². The van der Waals surface area contributed by atoms with Gasteiger partial charge >= 0.3 is 0 Å². The van der Waals surface area contributed by atoms with E-state index >= 15 is 0 Å². The van der Waals surface area contributed by atoms with E-state index in [0.29, 0.717) is 18.9 Å². The summed E-state index contributed by atoms with van der Waals surface area (Å²) in [4.78, 5) is 4.55. The van der Waals surface area contributed by atoms with E-state index < -0.39 is 6.23 Å². The first-order valence-electron chi connectivity index (χ1n) is 7.86. The highest BCUT2D eigenvalue weighted by atomic mass is 16.6. The highest BCUT2D eigenvalue weighted by Crippen LogP contribution is 2.22. The molecule has 5 nitrogen and oxygen atoms in total. The normalized spacial score (nSPS) is 12.2. The van der Waals surface area contributed by atoms with Crippen molar-refractivity contribution in [2.75, 3.05) is 6.61 Å². The molecule has 2 N–H and O–H groups in total. The van der Waals surface area contributed by atoms with Crippen molar-refractivity contribution in [1.29, 1.82) is 0 Å². The zero-order valence-electron chi connectivity index (χ0n) is 13.5. The van der Waals surface area contributed by atoms with Crippen molar-refractivity contribution >= 4 is 0 Å². The molecule has 0 spiro atoms. The summed E-state index contributed by atoms with van der Waals surface area (Å²) >= 11 is 0. The minimum absolute atomic E-state index is 0.411. The summed E-state index contributed by atoms with van der Waals surface area (Å²) in [6.07, 6.45) is 0.0414. The highest BCUT2D eigenvalue weighted by Gasteiger charge is 2.13. The van der Waals surface area contributed by atoms with Crippen LogP contribution in [-0.2, 0) is 11.2 Å². The maximum absolute atomic E-state index is 9.27. The average molecular weight is 324 g/mol. The molecule has 0 saturated carbocycles. The Morgan fingerprint density at radius 2 is 1.75 bits per heavy atom. The molecule has 0 aliphatic rings. The Morgan fingerprint density at radius 3 is 2.42 bits per heavy atom. The second-order valence-electron chi connectivity index (χ2n) is 5.43. The van der Waals surface area contributed by atoms with Crippen molar-refractivity contribution in [2.24, 2.45) is 0 Å². The monoisotopic (exact) mass is 324 g/mol. The molecule has 24 heavy (non-hydrogen) atoms. The summed E-state index contributed by atoms with van der Waals surface area (Å²) < 4.78 is 11.4. The molecule has 1 atom stereocenters. The lowest BCUT2D eigenvalue weighted by molar-refractivity contribution is -0.0535. The van der Waals surface area contributed by atoms with Crippen molar-refractivity contribution in [3.05, 3.63) is 77.7 Å². The quantitative estimate of drug-likeness (QED) is 0.510. The molecule has 3 rings (SSSR count). The zero-order chi connectivity index (χ0) is 16.8. The maximum Gasteiger partial charge on any atom is 0.226 e. The summed E-state index contributed by atoms with van der Waals surface area (Å²) in [6, 6.07) is 19.3. The number of hydroxylamine groups is 1. The van der Waals surface area contributed by atoms with Gasteiger partial charge in [0.1, 0.15) is 5.76 Å². The van der Waals surface area contributed by atoms with E-state index in [1.165, 1.54) is 0 Å². The van der Waals surface area contributed by atoms with E-state index in [1.54, 1.807) is 0 Å². The van der Waals surface area contributed by atoms with Gasteiger partial charge in [0, 0.05) is 12.0 Å². The number of hydrogen-bond donors (Lipinski definition) is 2. The SMILES string of the molecule is Cc1oc(-c2ccccc2)nc1CCOC(NO)c1ccccc1. The van der Waals surface area contributed by atoms with Gasteiger partial charge in [-0.2, -0.15) is 5.48 Å². The third-order valence-corrected chi connectivity index (χ3v) is 3.76. The predicted molar refractivity (Wildman–Crippen MR) is 90.4 cm³/mol. The van der Waals surface area contributed by atoms with Crippen LogP contribution >= 0.6 is 0 Å². The molecule has 0 bridgehead atoms. The largest absolute Gasteiger partial charge is 0.441 e. The summed E-state index contributed by atoms with van der Waals surface area (Å²) in [6.45, 7) is 2.31. The molecule has 0 saturated heterocycles. The maximum atomic E-state index is 9.27. The van der Waals surface area contributed by atoms with Crippen LogP contribution in [0.2, 0.25) is 0 Å². The Hall–Kier alpha value is -2.47. The molecule has 0 radical (unpaired) electrons. The van der Waals surface area contributed by atoms with Gasteiger partial charge < -0.3 is 14.4 Å². The molecule has 5 heteroatoms. The Balaban J connectivity index is 1.62. The molecular formula is C19H20N2O3. The van der Waals surface area contributed by atoms with E-state index in [1.807, 2.05) is 67.6 Å². The second kappa shape index (κ2) is 7.88. The molecule has 1 heterocycles. The van der Waals surface area contributed by atoms with E-state index in [9.17, 15) is 5.21 Å². The van der Waals surface area contributed by atoms with Gasteiger partial charge in [-0.1, -0.05) is 48.5 Å². The van der Waals surface area contributed by atoms with Crippen LogP contribution in [-0.4, -0.2) is 16.8 Å². The summed E-state index contributed by atoms with van der Waals surface area (Å²) in [5.41, 5.74) is 4.86. The Kier molecular flexibility index (Phi) is 5.38. The summed E-state index contributed by atoms with van der Waals surface area (Å²) in [5.74, 6) is 1.40. The van der Waals surface area contributed by atoms with Crippen molar-refractivity contribution in [2.45, 2.75) is 19.6 Å². The molecule has 0 aliphatic heterocycles. The number of nitrogens with one attached hydrogen (secondary N) is 1. The zero-order valence-corrected chi connectivity index (χ0v) is 13.5. The number of oxazole rings is 1. The minimum atomic E-state index is -0.563. The number of nitrogens with zero attached hydrogens (tertiary/aromatic N) is 1. The molecule has 124 valence electrons. The minimum Gasteiger partial charge on any atom is -0.441 e. The number of ether oxygens (including phenoxy) is 1. The summed E-state index contributed by atoms with van der Waals surface area (Å²) in [5, 5.41) is 9.27. The van der Waals surface area contributed by atoms with Gasteiger partial charge in [0.2, 0.25) is 5.89 Å². The predicted octanol–water partition coefficient (Wildman–Crippen LogP) is 3.89. The number of aromatic nitrogens is 1. The van der Waals surface area contributed by atoms with Crippen LogP contribution < -0.4 is 5.48 Å². The van der Waals surface area contributed by atoms with Crippen LogP contribution in [0.1, 0.15) is 23.2 Å². The van der Waals surface area contributed by atoms with Gasteiger partial charge in [-0.05, 0) is 24.6 Å². The second-order valence-corrected chi connectivity index (χ2v) is 5.43. The van der Waals surface area contributed by atoms with E-state index in [0.717, 1.165) is 22.6 Å². The van der Waals surface area contributed by atoms with E-state index in [-0.39, 0.29) is 0 Å². The molecular weight excluding hydrogens is 304 g/mol. The van der Waals surface area contributed by atoms with Gasteiger partial charge in [-0.3, -0.25) is 0 Å². The Labute approximate surface area is 140 Å². The summed E-state index contributed by atoms with van der Waals surface area (Å²) in [7, 11) is 0. The van der Waals surface area contributed by atoms with Crippen LogP contribution in [0.4, 0.5) is 0 Å². The molecule has 2 aromatic carbocycles. The number of hydrogen-bond acceptors (Lipinski definition) is 5. The van der Waals surface area contributed by atoms with E-state index in [2.05, 4.69) is 10.5 Å². The van der Waals surface area contributed by atoms with Crippen LogP contribution in [0.3, 0.4) is 0 Å². The number of benzene rings is 2. The van der Waals surface area contributed by atoms with Crippen LogP contribution in [0.5, 0.6) is 0 Å². The third-order valence-electron chi connectivity index (χ3n) is 3.76. The first-order chi connectivity index (χ1) is 11.8. The molecule has 1 aromatic heterocycles. The van der Waals surface area contributed by atoms with Gasteiger partial charge in [0.25, 0.3) is 0 Å². The average Bonchev–Trinajstić information content (AvgIpc) is 3.01. The van der Waals surface area contributed by atoms with Crippen molar-refractivity contribution < 1.29 is 14.4 Å². The van der Waals surface area contributed by atoms with Crippen molar-refractivity contribution in [3.63, 3.8) is 0 Å². The first kappa shape index (κ1) is 16.4. The van der Waals surface area contributed by atoms with E-state index in [4.69, 9.17) is 9.15 Å². The van der Waals surface area contributed by atoms with Gasteiger partial charge in [0.05, 0.1) is 12.3 Å². The van der Waals surface area contributed by atoms with Crippen LogP contribution in [0.15, 0.2) is 65.1 Å². The molecule has 0 fully saturated rings. The fraction of sp³-hybridized carbons (Fsp3) is 0.211. The lowest BCUT2D eigenvalue weighted by Crippen LogP contribution is -2.21. The molecule has 0 aliphatic carbocycles. The fourth-order valence-electron chi connectivity index (χ4n) is 2.47. The fourth-order valence-corrected chi connectivity index (χ4v) is 2.47. The highest BCUT2D eigenvalue weighted by molar-refractivity contribution is 5.53. The molecule has 1 unspecified atom stereocenters.